The molecule has 0 amide bonds. The summed E-state index contributed by atoms with van der Waals surface area (Å²) in [6.07, 6.45) is 2.40. The number of pyridine rings is 1. The Morgan fingerprint density at radius 2 is 2.03 bits per heavy atom. The lowest BCUT2D eigenvalue weighted by Gasteiger charge is -2.31. The van der Waals surface area contributed by atoms with Gasteiger partial charge in [0.2, 0.25) is 0 Å². The predicted octanol–water partition coefficient (Wildman–Crippen LogP) is 3.30. The van der Waals surface area contributed by atoms with Gasteiger partial charge in [0.05, 0.1) is 34.3 Å². The maximum Gasteiger partial charge on any atom is 0.188 e. The van der Waals surface area contributed by atoms with Crippen molar-refractivity contribution in [1.29, 1.82) is 0 Å². The molecule has 11 heteroatoms. The lowest BCUT2D eigenvalue weighted by atomic mass is 10.1. The van der Waals surface area contributed by atoms with Crippen molar-refractivity contribution < 1.29 is 24.1 Å². The number of halogens is 1. The monoisotopic (exact) mass is 535 g/mol. The molecule has 0 saturated carbocycles. The molecular formula is C27H26ClN5O5. The first-order chi connectivity index (χ1) is 18.6. The number of aromatic nitrogens is 3. The Bertz CT molecular complexity index is 1400. The van der Waals surface area contributed by atoms with Crippen LogP contribution in [0.25, 0.3) is 10.9 Å². The Morgan fingerprint density at radius 3 is 2.84 bits per heavy atom. The van der Waals surface area contributed by atoms with E-state index in [-0.39, 0.29) is 6.61 Å². The molecule has 3 heterocycles. The fourth-order valence-corrected chi connectivity index (χ4v) is 4.38. The number of ether oxygens (including phenoxy) is 3. The normalized spacial score (nSPS) is 17.2. The molecule has 10 nitrogen and oxygen atoms in total. The molecule has 0 aliphatic carbocycles. The maximum atomic E-state index is 12.1. The van der Waals surface area contributed by atoms with Crippen LogP contribution in [0.4, 0.5) is 11.5 Å². The summed E-state index contributed by atoms with van der Waals surface area (Å²) >= 11 is 6.49. The van der Waals surface area contributed by atoms with E-state index in [1.54, 1.807) is 18.3 Å². The summed E-state index contributed by atoms with van der Waals surface area (Å²) < 4.78 is 17.5. The number of ketones is 1. The van der Waals surface area contributed by atoms with Crippen molar-refractivity contribution in [1.82, 2.24) is 20.3 Å². The number of hydrogen-bond acceptors (Lipinski definition) is 10. The number of benzene rings is 2. The highest BCUT2D eigenvalue weighted by atomic mass is 35.5. The van der Waals surface area contributed by atoms with E-state index in [0.29, 0.717) is 58.7 Å². The lowest BCUT2D eigenvalue weighted by molar-refractivity contribution is -0.138. The summed E-state index contributed by atoms with van der Waals surface area (Å²) in [5.74, 6) is 1.21. The number of rotatable bonds is 10. The van der Waals surface area contributed by atoms with E-state index in [2.05, 4.69) is 25.6 Å². The SMILES string of the molecule is O=C(CO)C1OCCN[C@@H]1COc1cccc2ncnc(Nc3ccc(OCc4ccccn4)c(Cl)c3)c12. The largest absolute Gasteiger partial charge is 0.491 e. The van der Waals surface area contributed by atoms with Gasteiger partial charge in [0.15, 0.2) is 5.78 Å². The Balaban J connectivity index is 1.33. The van der Waals surface area contributed by atoms with Gasteiger partial charge >= 0.3 is 0 Å². The van der Waals surface area contributed by atoms with Gasteiger partial charge in [-0.05, 0) is 42.5 Å². The topological polar surface area (TPSA) is 128 Å². The quantitative estimate of drug-likeness (QED) is 0.278. The molecule has 1 aliphatic rings. The van der Waals surface area contributed by atoms with E-state index in [9.17, 15) is 9.90 Å². The number of hydrogen-bond donors (Lipinski definition) is 3. The van der Waals surface area contributed by atoms with Crippen LogP contribution in [0.3, 0.4) is 0 Å². The van der Waals surface area contributed by atoms with Gasteiger partial charge in [0, 0.05) is 18.4 Å². The number of fused-ring (bicyclic) bond motifs is 1. The van der Waals surface area contributed by atoms with E-state index in [4.69, 9.17) is 25.8 Å². The van der Waals surface area contributed by atoms with Gasteiger partial charge in [-0.1, -0.05) is 23.7 Å². The number of nitrogens with zero attached hydrogens (tertiary/aromatic N) is 3. The fraction of sp³-hybridized carbons (Fsp3) is 0.259. The second-order valence-electron chi connectivity index (χ2n) is 8.54. The van der Waals surface area contributed by atoms with Gasteiger partial charge in [0.1, 0.15) is 49.6 Å². The molecule has 1 aliphatic heterocycles. The van der Waals surface area contributed by atoms with Gasteiger partial charge in [-0.2, -0.15) is 0 Å². The molecule has 2 aromatic carbocycles. The minimum absolute atomic E-state index is 0.151. The number of aliphatic hydroxyl groups is 1. The van der Waals surface area contributed by atoms with Gasteiger partial charge in [-0.25, -0.2) is 9.97 Å². The molecule has 5 rings (SSSR count). The number of aliphatic hydroxyl groups excluding tert-OH is 1. The Morgan fingerprint density at radius 1 is 1.11 bits per heavy atom. The van der Waals surface area contributed by atoms with E-state index < -0.39 is 24.5 Å². The van der Waals surface area contributed by atoms with Crippen LogP contribution < -0.4 is 20.1 Å². The van der Waals surface area contributed by atoms with Crippen molar-refractivity contribution in [3.8, 4) is 11.5 Å². The molecule has 1 saturated heterocycles. The Hall–Kier alpha value is -3.83. The van der Waals surface area contributed by atoms with Crippen molar-refractivity contribution in [3.05, 3.63) is 77.8 Å². The molecule has 2 aromatic heterocycles. The van der Waals surface area contributed by atoms with Crippen LogP contribution >= 0.6 is 11.6 Å². The molecule has 0 spiro atoms. The standard InChI is InChI=1S/C27H26ClN5O5/c28-19-12-17(7-8-23(19)37-14-18-4-1-2-9-29-18)33-27-25-20(31-16-32-27)5-3-6-24(25)38-15-21-26(22(35)13-34)36-11-10-30-21/h1-9,12,16,21,26,30,34H,10-11,13-15H2,(H,31,32,33)/t21-,26?/m1/s1. The highest BCUT2D eigenvalue weighted by molar-refractivity contribution is 6.32. The van der Waals surface area contributed by atoms with Crippen LogP contribution in [0.5, 0.6) is 11.5 Å². The summed E-state index contributed by atoms with van der Waals surface area (Å²) in [5.41, 5.74) is 2.18. The number of carbonyl (C=O) groups excluding carboxylic acids is 1. The zero-order chi connectivity index (χ0) is 26.3. The smallest absolute Gasteiger partial charge is 0.188 e. The Kier molecular flexibility index (Phi) is 8.25. The molecule has 0 radical (unpaired) electrons. The van der Waals surface area contributed by atoms with E-state index in [0.717, 1.165) is 5.69 Å². The van der Waals surface area contributed by atoms with Crippen LogP contribution in [0.1, 0.15) is 5.69 Å². The minimum atomic E-state index is -0.780. The summed E-state index contributed by atoms with van der Waals surface area (Å²) in [4.78, 5) is 25.1. The molecule has 1 unspecified atom stereocenters. The number of nitrogens with one attached hydrogen (secondary N) is 2. The van der Waals surface area contributed by atoms with E-state index in [1.165, 1.54) is 6.33 Å². The van der Waals surface area contributed by atoms with Crippen molar-refractivity contribution >= 4 is 39.8 Å². The first-order valence-corrected chi connectivity index (χ1v) is 12.4. The molecule has 2 atom stereocenters. The highest BCUT2D eigenvalue weighted by Gasteiger charge is 2.32. The second-order valence-corrected chi connectivity index (χ2v) is 8.95. The van der Waals surface area contributed by atoms with Gasteiger partial charge in [-0.15, -0.1) is 0 Å². The number of morpholine rings is 1. The number of anilines is 2. The maximum absolute atomic E-state index is 12.1. The first kappa shape index (κ1) is 25.8. The van der Waals surface area contributed by atoms with Crippen LogP contribution in [0.15, 0.2) is 67.1 Å². The average molecular weight is 536 g/mol. The molecule has 4 aromatic rings. The molecule has 1 fully saturated rings. The minimum Gasteiger partial charge on any atom is -0.491 e. The van der Waals surface area contributed by atoms with Gasteiger partial charge in [0.25, 0.3) is 0 Å². The summed E-state index contributed by atoms with van der Waals surface area (Å²) in [7, 11) is 0. The van der Waals surface area contributed by atoms with Crippen LogP contribution in [0.2, 0.25) is 5.02 Å². The zero-order valence-electron chi connectivity index (χ0n) is 20.3. The third-order valence-electron chi connectivity index (χ3n) is 5.98. The van der Waals surface area contributed by atoms with E-state index >= 15 is 0 Å². The van der Waals surface area contributed by atoms with Crippen LogP contribution in [-0.2, 0) is 16.1 Å². The predicted molar refractivity (Wildman–Crippen MR) is 142 cm³/mol. The third-order valence-corrected chi connectivity index (χ3v) is 6.28. The molecular weight excluding hydrogens is 510 g/mol. The van der Waals surface area contributed by atoms with Gasteiger partial charge < -0.3 is 30.0 Å². The second kappa shape index (κ2) is 12.1. The van der Waals surface area contributed by atoms with E-state index in [1.807, 2.05) is 42.5 Å². The van der Waals surface area contributed by atoms with Crippen molar-refractivity contribution in [2.45, 2.75) is 18.8 Å². The molecule has 3 N–H and O–H groups in total. The summed E-state index contributed by atoms with van der Waals surface area (Å²) in [5, 5.41) is 16.9. The highest BCUT2D eigenvalue weighted by Crippen LogP contribution is 2.34. The molecule has 0 bridgehead atoms. The van der Waals surface area contributed by atoms with Crippen molar-refractivity contribution in [2.75, 3.05) is 31.7 Å². The third kappa shape index (κ3) is 6.00. The van der Waals surface area contributed by atoms with Crippen molar-refractivity contribution in [3.63, 3.8) is 0 Å². The number of Topliss-reactive ketones (excluding diaryl/α,β-unsaturated/α-hetero) is 1. The van der Waals surface area contributed by atoms with Crippen LogP contribution in [0, 0.1) is 0 Å². The average Bonchev–Trinajstić information content (AvgIpc) is 2.96. The molecule has 196 valence electrons. The summed E-state index contributed by atoms with van der Waals surface area (Å²) in [6, 6.07) is 16.1. The number of carbonyl (C=O) groups is 1. The summed E-state index contributed by atoms with van der Waals surface area (Å²) in [6.45, 7) is 0.832. The van der Waals surface area contributed by atoms with Gasteiger partial charge in [-0.3, -0.25) is 9.78 Å². The first-order valence-electron chi connectivity index (χ1n) is 12.1. The Labute approximate surface area is 223 Å². The molecule has 38 heavy (non-hydrogen) atoms. The lowest BCUT2D eigenvalue weighted by Crippen LogP contribution is -2.55. The van der Waals surface area contributed by atoms with Crippen LogP contribution in [-0.4, -0.2) is 64.4 Å². The zero-order valence-corrected chi connectivity index (χ0v) is 21.1. The van der Waals surface area contributed by atoms with Crippen molar-refractivity contribution in [2.24, 2.45) is 0 Å². The fourth-order valence-electron chi connectivity index (χ4n) is 4.15.